The van der Waals surface area contributed by atoms with Crippen molar-refractivity contribution >= 4 is 33.3 Å². The molecular formula is C19H22N2O5S2. The van der Waals surface area contributed by atoms with Gasteiger partial charge in [0.1, 0.15) is 11.3 Å². The third-order valence-electron chi connectivity index (χ3n) is 3.97. The third-order valence-corrected chi connectivity index (χ3v) is 6.93. The van der Waals surface area contributed by atoms with Gasteiger partial charge in [0.2, 0.25) is 0 Å². The van der Waals surface area contributed by atoms with Gasteiger partial charge in [-0.15, -0.1) is 0 Å². The molecule has 1 atom stereocenters. The quantitative estimate of drug-likeness (QED) is 0.419. The predicted octanol–water partition coefficient (Wildman–Crippen LogP) is 2.05. The van der Waals surface area contributed by atoms with Crippen LogP contribution in [0.5, 0.6) is 0 Å². The number of benzene rings is 2. The van der Waals surface area contributed by atoms with Gasteiger partial charge in [-0.05, 0) is 50.2 Å². The average Bonchev–Trinajstić information content (AvgIpc) is 2.66. The Hall–Kier alpha value is -2.20. The highest BCUT2D eigenvalue weighted by molar-refractivity contribution is 7.99. The van der Waals surface area contributed by atoms with Gasteiger partial charge in [0.25, 0.3) is 5.91 Å². The molecule has 1 unspecified atom stereocenters. The fraction of sp³-hybridized carbons (Fsp3) is 0.263. The molecule has 0 aromatic heterocycles. The lowest BCUT2D eigenvalue weighted by Crippen LogP contribution is -2.59. The lowest BCUT2D eigenvalue weighted by atomic mass is 10.0. The lowest BCUT2D eigenvalue weighted by molar-refractivity contribution is -0.134. The van der Waals surface area contributed by atoms with E-state index >= 15 is 0 Å². The molecule has 0 aliphatic heterocycles. The summed E-state index contributed by atoms with van der Waals surface area (Å²) in [6.07, 6.45) is 0. The van der Waals surface area contributed by atoms with E-state index in [1.165, 1.54) is 43.2 Å². The van der Waals surface area contributed by atoms with Crippen molar-refractivity contribution in [3.63, 3.8) is 0 Å². The first-order valence-corrected chi connectivity index (χ1v) is 10.9. The molecule has 0 heterocycles. The molecule has 0 spiro atoms. The van der Waals surface area contributed by atoms with E-state index < -0.39 is 27.0 Å². The van der Waals surface area contributed by atoms with Crippen LogP contribution in [0.3, 0.4) is 0 Å². The summed E-state index contributed by atoms with van der Waals surface area (Å²) in [5, 5.41) is 11.6. The first-order valence-electron chi connectivity index (χ1n) is 8.41. The minimum absolute atomic E-state index is 0.0477. The van der Waals surface area contributed by atoms with Crippen LogP contribution in [0.4, 0.5) is 0 Å². The number of amides is 1. The van der Waals surface area contributed by atoms with Gasteiger partial charge in [-0.1, -0.05) is 30.0 Å². The van der Waals surface area contributed by atoms with Gasteiger partial charge >= 0.3 is 0 Å². The smallest absolute Gasteiger partial charge is 0.264 e. The first-order chi connectivity index (χ1) is 13.2. The highest BCUT2D eigenvalue weighted by Crippen LogP contribution is 2.28. The number of Topliss-reactive ketones (excluding diaryl/α,β-unsaturated/α-hetero) is 1. The Kier molecular flexibility index (Phi) is 7.36. The summed E-state index contributed by atoms with van der Waals surface area (Å²) in [5.74, 6) is -1.82. The second kappa shape index (κ2) is 9.33. The summed E-state index contributed by atoms with van der Waals surface area (Å²) in [6.45, 7) is 2.42. The van der Waals surface area contributed by atoms with E-state index in [1.807, 2.05) is 30.3 Å². The van der Waals surface area contributed by atoms with Crippen LogP contribution in [0.1, 0.15) is 13.8 Å². The monoisotopic (exact) mass is 422 g/mol. The molecule has 0 saturated heterocycles. The minimum Gasteiger partial charge on any atom is -0.299 e. The van der Waals surface area contributed by atoms with E-state index in [4.69, 9.17) is 5.21 Å². The van der Waals surface area contributed by atoms with Crippen LogP contribution in [0.15, 0.2) is 69.3 Å². The first kappa shape index (κ1) is 22.1. The van der Waals surface area contributed by atoms with E-state index in [2.05, 4.69) is 5.32 Å². The maximum absolute atomic E-state index is 12.8. The Balaban J connectivity index is 2.19. The number of rotatable bonds is 9. The van der Waals surface area contributed by atoms with E-state index in [9.17, 15) is 18.0 Å². The van der Waals surface area contributed by atoms with Gasteiger partial charge in [-0.25, -0.2) is 13.9 Å². The van der Waals surface area contributed by atoms with Gasteiger partial charge < -0.3 is 0 Å². The van der Waals surface area contributed by atoms with E-state index in [0.717, 1.165) is 9.79 Å². The molecule has 7 nitrogen and oxygen atoms in total. The molecule has 0 fully saturated rings. The Morgan fingerprint density at radius 3 is 2.14 bits per heavy atom. The molecule has 2 aromatic carbocycles. The van der Waals surface area contributed by atoms with Crippen molar-refractivity contribution in [2.45, 2.75) is 34.1 Å². The Morgan fingerprint density at radius 1 is 1.04 bits per heavy atom. The van der Waals surface area contributed by atoms with E-state index in [1.54, 1.807) is 12.1 Å². The number of carbonyl (C=O) groups is 2. The summed E-state index contributed by atoms with van der Waals surface area (Å²) < 4.78 is 25.6. The third kappa shape index (κ3) is 5.90. The van der Waals surface area contributed by atoms with Gasteiger partial charge in [0.15, 0.2) is 9.84 Å². The van der Waals surface area contributed by atoms with Crippen molar-refractivity contribution in [3.05, 3.63) is 54.6 Å². The Morgan fingerprint density at radius 2 is 1.61 bits per heavy atom. The van der Waals surface area contributed by atoms with E-state index in [-0.39, 0.29) is 17.2 Å². The fourth-order valence-electron chi connectivity index (χ4n) is 2.44. The lowest BCUT2D eigenvalue weighted by Gasteiger charge is -2.27. The number of carbonyl (C=O) groups excluding carboxylic acids is 2. The molecule has 2 rings (SSSR count). The molecule has 0 aliphatic carbocycles. The average molecular weight is 423 g/mol. The van der Waals surface area contributed by atoms with Crippen molar-refractivity contribution < 1.29 is 23.2 Å². The van der Waals surface area contributed by atoms with Crippen LogP contribution in [-0.2, 0) is 19.4 Å². The number of hydrogen-bond acceptors (Lipinski definition) is 7. The zero-order chi connectivity index (χ0) is 20.8. The van der Waals surface area contributed by atoms with Gasteiger partial charge in [0, 0.05) is 9.79 Å². The molecular weight excluding hydrogens is 400 g/mol. The van der Waals surface area contributed by atoms with Crippen LogP contribution < -0.4 is 10.8 Å². The summed E-state index contributed by atoms with van der Waals surface area (Å²) in [4.78, 5) is 25.2. The highest BCUT2D eigenvalue weighted by Gasteiger charge is 2.38. The molecule has 2 aromatic rings. The zero-order valence-corrected chi connectivity index (χ0v) is 17.1. The maximum atomic E-state index is 12.8. The normalized spacial score (nSPS) is 13.5. The number of sulfone groups is 1. The van der Waals surface area contributed by atoms with Crippen LogP contribution >= 0.6 is 11.8 Å². The van der Waals surface area contributed by atoms with Gasteiger partial charge in [0.05, 0.1) is 17.2 Å². The van der Waals surface area contributed by atoms with Crippen LogP contribution in [0.25, 0.3) is 0 Å². The predicted molar refractivity (Wildman–Crippen MR) is 106 cm³/mol. The molecule has 0 bridgehead atoms. The van der Waals surface area contributed by atoms with Crippen LogP contribution in [-0.4, -0.2) is 43.2 Å². The number of ketones is 1. The van der Waals surface area contributed by atoms with Crippen molar-refractivity contribution in [1.29, 1.82) is 0 Å². The van der Waals surface area contributed by atoms with E-state index in [0.29, 0.717) is 0 Å². The standard InChI is InChI=1S/C19H22N2O5S2/c1-14(22)12-20-19(2,18(23)21-24)13-28(25,26)17-10-8-16(9-11-17)27-15-6-4-3-5-7-15/h3-11,20,24H,12-13H2,1-2H3,(H,21,23). The second-order valence-electron chi connectivity index (χ2n) is 6.47. The number of hydroxylamine groups is 1. The molecule has 3 N–H and O–H groups in total. The second-order valence-corrected chi connectivity index (χ2v) is 9.61. The summed E-state index contributed by atoms with van der Waals surface area (Å²) >= 11 is 1.50. The molecule has 0 radical (unpaired) electrons. The van der Waals surface area contributed by atoms with Gasteiger partial charge in [-0.2, -0.15) is 0 Å². The molecule has 1 amide bonds. The maximum Gasteiger partial charge on any atom is 0.264 e. The van der Waals surface area contributed by atoms with Crippen molar-refractivity contribution in [1.82, 2.24) is 10.8 Å². The SMILES string of the molecule is CC(=O)CNC(C)(CS(=O)(=O)c1ccc(Sc2ccccc2)cc1)C(=O)NO. The minimum atomic E-state index is -3.87. The Labute approximate surface area is 168 Å². The summed E-state index contributed by atoms with van der Waals surface area (Å²) in [5.41, 5.74) is -0.211. The largest absolute Gasteiger partial charge is 0.299 e. The fourth-order valence-corrected chi connectivity index (χ4v) is 4.99. The van der Waals surface area contributed by atoms with Crippen molar-refractivity contribution in [2.24, 2.45) is 0 Å². The molecule has 9 heteroatoms. The molecule has 150 valence electrons. The number of hydrogen-bond donors (Lipinski definition) is 3. The number of nitrogens with one attached hydrogen (secondary N) is 2. The zero-order valence-electron chi connectivity index (χ0n) is 15.5. The van der Waals surface area contributed by atoms with Gasteiger partial charge in [-0.3, -0.25) is 20.1 Å². The topological polar surface area (TPSA) is 113 Å². The summed E-state index contributed by atoms with van der Waals surface area (Å²) in [7, 11) is -3.87. The van der Waals surface area contributed by atoms with Crippen molar-refractivity contribution in [3.8, 4) is 0 Å². The highest BCUT2D eigenvalue weighted by atomic mass is 32.2. The molecule has 0 aliphatic rings. The summed E-state index contributed by atoms with van der Waals surface area (Å²) in [6, 6.07) is 16.0. The Bertz CT molecular complexity index is 931. The van der Waals surface area contributed by atoms with Crippen LogP contribution in [0, 0.1) is 0 Å². The van der Waals surface area contributed by atoms with Crippen molar-refractivity contribution in [2.75, 3.05) is 12.3 Å². The molecule has 28 heavy (non-hydrogen) atoms. The van der Waals surface area contributed by atoms with Crippen LogP contribution in [0.2, 0.25) is 0 Å². The molecule has 0 saturated carbocycles.